The van der Waals surface area contributed by atoms with Gasteiger partial charge < -0.3 is 15.3 Å². The third-order valence-corrected chi connectivity index (χ3v) is 5.81. The van der Waals surface area contributed by atoms with Crippen LogP contribution in [0.1, 0.15) is 25.5 Å². The zero-order valence-electron chi connectivity index (χ0n) is 16.0. The second kappa shape index (κ2) is 9.03. The first-order valence-corrected chi connectivity index (χ1v) is 10.1. The lowest BCUT2D eigenvalue weighted by Crippen LogP contribution is -2.54. The van der Waals surface area contributed by atoms with Gasteiger partial charge in [-0.15, -0.1) is 0 Å². The van der Waals surface area contributed by atoms with E-state index in [-0.39, 0.29) is 23.7 Å². The topological polar surface area (TPSA) is 55.8 Å². The summed E-state index contributed by atoms with van der Waals surface area (Å²) in [6.07, 6.45) is 0. The highest BCUT2D eigenvalue weighted by molar-refractivity contribution is 6.35. The van der Waals surface area contributed by atoms with E-state index >= 15 is 0 Å². The molecule has 0 spiro atoms. The molecule has 2 unspecified atom stereocenters. The molecule has 1 aliphatic rings. The molecule has 2 atom stereocenters. The summed E-state index contributed by atoms with van der Waals surface area (Å²) in [6, 6.07) is 12.1. The molecule has 0 radical (unpaired) electrons. The minimum atomic E-state index is -0.226. The first kappa shape index (κ1) is 20.8. The quantitative estimate of drug-likeness (QED) is 0.763. The highest BCUT2D eigenvalue weighted by Gasteiger charge is 2.27. The van der Waals surface area contributed by atoms with Gasteiger partial charge >= 0.3 is 0 Å². The molecule has 0 saturated carbocycles. The van der Waals surface area contributed by atoms with Gasteiger partial charge in [-0.3, -0.25) is 9.69 Å². The number of benzene rings is 2. The molecule has 1 amide bonds. The largest absolute Gasteiger partial charge is 0.508 e. The van der Waals surface area contributed by atoms with Gasteiger partial charge in [0.2, 0.25) is 5.91 Å². The molecule has 0 bridgehead atoms. The van der Waals surface area contributed by atoms with Crippen LogP contribution in [0.25, 0.3) is 0 Å². The van der Waals surface area contributed by atoms with Crippen LogP contribution >= 0.6 is 23.2 Å². The lowest BCUT2D eigenvalue weighted by atomic mass is 10.1. The van der Waals surface area contributed by atoms with E-state index in [9.17, 15) is 9.90 Å². The molecule has 3 rings (SSSR count). The first-order chi connectivity index (χ1) is 13.3. The van der Waals surface area contributed by atoms with E-state index in [2.05, 4.69) is 15.1 Å². The number of aromatic hydroxyl groups is 1. The van der Waals surface area contributed by atoms with E-state index in [0.717, 1.165) is 37.4 Å². The van der Waals surface area contributed by atoms with Crippen molar-refractivity contribution in [3.05, 3.63) is 58.1 Å². The van der Waals surface area contributed by atoms with Gasteiger partial charge in [-0.2, -0.15) is 0 Å². The molecule has 7 heteroatoms. The van der Waals surface area contributed by atoms with Crippen LogP contribution in [0.4, 0.5) is 5.69 Å². The maximum atomic E-state index is 12.7. The zero-order valence-corrected chi connectivity index (χ0v) is 17.5. The Morgan fingerprint density at radius 1 is 1.04 bits per heavy atom. The smallest absolute Gasteiger partial charge is 0.237 e. The minimum absolute atomic E-state index is 0.0170. The fourth-order valence-corrected chi connectivity index (χ4v) is 4.03. The Balaban J connectivity index is 1.54. The number of hydrogen-bond acceptors (Lipinski definition) is 4. The lowest BCUT2D eigenvalue weighted by molar-refractivity contribution is -0.126. The molecule has 2 aromatic carbocycles. The van der Waals surface area contributed by atoms with Crippen molar-refractivity contribution in [2.75, 3.05) is 31.1 Å². The van der Waals surface area contributed by atoms with Crippen molar-refractivity contribution < 1.29 is 9.90 Å². The van der Waals surface area contributed by atoms with E-state index in [1.807, 2.05) is 32.0 Å². The Labute approximate surface area is 175 Å². The summed E-state index contributed by atoms with van der Waals surface area (Å²) in [5.41, 5.74) is 1.93. The summed E-state index contributed by atoms with van der Waals surface area (Å²) >= 11 is 12.2. The van der Waals surface area contributed by atoms with Gasteiger partial charge in [0, 0.05) is 41.9 Å². The second-order valence-corrected chi connectivity index (χ2v) is 7.96. The maximum absolute atomic E-state index is 12.7. The molecular formula is C21H25Cl2N3O2. The zero-order chi connectivity index (χ0) is 20.3. The van der Waals surface area contributed by atoms with E-state index in [1.54, 1.807) is 24.3 Å². The summed E-state index contributed by atoms with van der Waals surface area (Å²) < 4.78 is 0. The van der Waals surface area contributed by atoms with E-state index in [1.165, 1.54) is 0 Å². The average molecular weight is 422 g/mol. The Kier molecular flexibility index (Phi) is 6.70. The Hall–Kier alpha value is -1.95. The molecular weight excluding hydrogens is 397 g/mol. The van der Waals surface area contributed by atoms with Crippen molar-refractivity contribution >= 4 is 34.8 Å². The number of piperazine rings is 1. The molecule has 150 valence electrons. The number of hydrogen-bond donors (Lipinski definition) is 2. The summed E-state index contributed by atoms with van der Waals surface area (Å²) in [5.74, 6) is 0.249. The number of phenols is 1. The van der Waals surface area contributed by atoms with Gasteiger partial charge in [-0.25, -0.2) is 0 Å². The summed E-state index contributed by atoms with van der Waals surface area (Å²) in [4.78, 5) is 17.2. The number of halogens is 2. The third-order valence-electron chi connectivity index (χ3n) is 5.24. The van der Waals surface area contributed by atoms with Crippen molar-refractivity contribution in [2.45, 2.75) is 25.9 Å². The first-order valence-electron chi connectivity index (χ1n) is 9.38. The summed E-state index contributed by atoms with van der Waals surface area (Å²) in [5, 5.41) is 13.6. The highest BCUT2D eigenvalue weighted by atomic mass is 35.5. The van der Waals surface area contributed by atoms with Gasteiger partial charge in [0.1, 0.15) is 5.75 Å². The predicted octanol–water partition coefficient (Wildman–Crippen LogP) is 4.09. The maximum Gasteiger partial charge on any atom is 0.237 e. The number of carbonyl (C=O) groups excluding carboxylic acids is 1. The number of nitrogens with zero attached hydrogens (tertiary/aromatic N) is 2. The Morgan fingerprint density at radius 3 is 2.29 bits per heavy atom. The molecule has 28 heavy (non-hydrogen) atoms. The van der Waals surface area contributed by atoms with Crippen molar-refractivity contribution in [2.24, 2.45) is 0 Å². The predicted molar refractivity (Wildman–Crippen MR) is 114 cm³/mol. The van der Waals surface area contributed by atoms with Crippen LogP contribution in [0.15, 0.2) is 42.5 Å². The van der Waals surface area contributed by atoms with Gasteiger partial charge in [0.05, 0.1) is 12.1 Å². The number of rotatable bonds is 5. The van der Waals surface area contributed by atoms with Crippen LogP contribution in [0, 0.1) is 0 Å². The van der Waals surface area contributed by atoms with Crippen molar-refractivity contribution in [1.29, 1.82) is 0 Å². The monoisotopic (exact) mass is 421 g/mol. The minimum Gasteiger partial charge on any atom is -0.508 e. The molecule has 2 aromatic rings. The second-order valence-electron chi connectivity index (χ2n) is 7.11. The Bertz CT molecular complexity index is 821. The fourth-order valence-electron chi connectivity index (χ4n) is 3.46. The normalized spacial score (nSPS) is 17.2. The molecule has 1 saturated heterocycles. The molecule has 2 N–H and O–H groups in total. The number of carbonyl (C=O) groups is 1. The van der Waals surface area contributed by atoms with Crippen LogP contribution in [0.5, 0.6) is 5.75 Å². The lowest BCUT2D eigenvalue weighted by Gasteiger charge is -2.38. The molecule has 0 aliphatic carbocycles. The Morgan fingerprint density at radius 2 is 1.68 bits per heavy atom. The van der Waals surface area contributed by atoms with Gasteiger partial charge in [0.25, 0.3) is 0 Å². The summed E-state index contributed by atoms with van der Waals surface area (Å²) in [6.45, 7) is 7.11. The summed E-state index contributed by atoms with van der Waals surface area (Å²) in [7, 11) is 0. The average Bonchev–Trinajstić information content (AvgIpc) is 2.68. The third kappa shape index (κ3) is 4.90. The fraction of sp³-hybridized carbons (Fsp3) is 0.381. The molecule has 0 aromatic heterocycles. The number of nitrogens with one attached hydrogen (secondary N) is 1. The van der Waals surface area contributed by atoms with Crippen LogP contribution in [-0.2, 0) is 4.79 Å². The van der Waals surface area contributed by atoms with E-state index in [0.29, 0.717) is 10.0 Å². The van der Waals surface area contributed by atoms with Crippen molar-refractivity contribution in [3.8, 4) is 5.75 Å². The van der Waals surface area contributed by atoms with Gasteiger partial charge in [0.15, 0.2) is 0 Å². The van der Waals surface area contributed by atoms with Crippen molar-refractivity contribution in [1.82, 2.24) is 10.2 Å². The highest BCUT2D eigenvalue weighted by Crippen LogP contribution is 2.26. The molecule has 5 nitrogen and oxygen atoms in total. The van der Waals surface area contributed by atoms with Gasteiger partial charge in [-0.1, -0.05) is 29.3 Å². The number of amides is 1. The molecule has 1 aliphatic heterocycles. The van der Waals surface area contributed by atoms with Crippen LogP contribution < -0.4 is 10.2 Å². The molecule has 1 heterocycles. The number of anilines is 1. The van der Waals surface area contributed by atoms with E-state index < -0.39 is 0 Å². The van der Waals surface area contributed by atoms with Crippen LogP contribution in [-0.4, -0.2) is 48.1 Å². The van der Waals surface area contributed by atoms with Crippen LogP contribution in [0.3, 0.4) is 0 Å². The van der Waals surface area contributed by atoms with Crippen molar-refractivity contribution in [3.63, 3.8) is 0 Å². The van der Waals surface area contributed by atoms with Crippen LogP contribution in [0.2, 0.25) is 10.0 Å². The number of phenolic OH excluding ortho intramolecular Hbond substituents is 1. The van der Waals surface area contributed by atoms with E-state index in [4.69, 9.17) is 23.2 Å². The SMILES string of the molecule is CC(NC(=O)C(C)N1CCN(c2ccc(O)cc2)CC1)c1ccc(Cl)cc1Cl. The standard InChI is InChI=1S/C21H25Cl2N3O2/c1-14(19-8-3-16(22)13-20(19)23)24-21(28)15(2)25-9-11-26(12-10-25)17-4-6-18(27)7-5-17/h3-8,13-15,27H,9-12H2,1-2H3,(H,24,28). The molecule has 1 fully saturated rings. The van der Waals surface area contributed by atoms with Gasteiger partial charge in [-0.05, 0) is 55.8 Å².